The molecule has 84 valence electrons. The Hall–Kier alpha value is -0.420. The average Bonchev–Trinajstić information content (AvgIpc) is 2.10. The second-order valence-corrected chi connectivity index (χ2v) is 5.20. The van der Waals surface area contributed by atoms with Crippen LogP contribution in [0.2, 0.25) is 0 Å². The number of hydrogen-bond acceptors (Lipinski definition) is 3. The van der Waals surface area contributed by atoms with E-state index in [0.717, 1.165) is 0 Å². The van der Waals surface area contributed by atoms with E-state index in [2.05, 4.69) is 10.6 Å². The van der Waals surface area contributed by atoms with Gasteiger partial charge in [0.2, 0.25) is 5.91 Å². The van der Waals surface area contributed by atoms with Gasteiger partial charge in [0.1, 0.15) is 0 Å². The highest BCUT2D eigenvalue weighted by Crippen LogP contribution is 1.79. The van der Waals surface area contributed by atoms with Crippen LogP contribution in [0.15, 0.2) is 0 Å². The minimum absolute atomic E-state index is 0.0118. The highest BCUT2D eigenvalue weighted by molar-refractivity contribution is 7.84. The largest absolute Gasteiger partial charge is 0.353 e. The highest BCUT2D eigenvalue weighted by atomic mass is 32.2. The molecule has 0 spiro atoms. The minimum Gasteiger partial charge on any atom is -0.353 e. The van der Waals surface area contributed by atoms with Crippen LogP contribution < -0.4 is 10.6 Å². The molecule has 0 fully saturated rings. The van der Waals surface area contributed by atoms with Crippen LogP contribution in [0.4, 0.5) is 0 Å². The summed E-state index contributed by atoms with van der Waals surface area (Å²) in [6.45, 7) is 6.67. The summed E-state index contributed by atoms with van der Waals surface area (Å²) in [4.78, 5) is 11.1. The molecular formula is C9H20N2O2S. The summed E-state index contributed by atoms with van der Waals surface area (Å²) in [5.74, 6) is 1.29. The molecule has 0 heterocycles. The zero-order valence-corrected chi connectivity index (χ0v) is 9.95. The third-order valence-corrected chi connectivity index (χ3v) is 2.87. The van der Waals surface area contributed by atoms with Crippen LogP contribution in [0.1, 0.15) is 20.8 Å². The molecule has 0 rings (SSSR count). The van der Waals surface area contributed by atoms with Crippen molar-refractivity contribution in [2.45, 2.75) is 26.8 Å². The molecule has 0 aliphatic heterocycles. The monoisotopic (exact) mass is 220 g/mol. The Morgan fingerprint density at radius 1 is 1.43 bits per heavy atom. The second-order valence-electron chi connectivity index (χ2n) is 3.33. The fraction of sp³-hybridized carbons (Fsp3) is 0.889. The van der Waals surface area contributed by atoms with Gasteiger partial charge in [0, 0.05) is 34.9 Å². The van der Waals surface area contributed by atoms with E-state index in [4.69, 9.17) is 0 Å². The predicted octanol–water partition coefficient (Wildman–Crippen LogP) is -0.131. The first kappa shape index (κ1) is 13.6. The van der Waals surface area contributed by atoms with E-state index in [9.17, 15) is 9.00 Å². The number of nitrogens with one attached hydrogen (secondary N) is 2. The van der Waals surface area contributed by atoms with Gasteiger partial charge in [-0.3, -0.25) is 9.00 Å². The van der Waals surface area contributed by atoms with Crippen molar-refractivity contribution in [2.75, 3.05) is 24.6 Å². The third-order valence-electron chi connectivity index (χ3n) is 1.56. The van der Waals surface area contributed by atoms with Crippen molar-refractivity contribution in [1.82, 2.24) is 10.6 Å². The molecule has 0 bridgehead atoms. The maximum Gasteiger partial charge on any atom is 0.234 e. The van der Waals surface area contributed by atoms with Crippen LogP contribution in [-0.4, -0.2) is 40.8 Å². The summed E-state index contributed by atoms with van der Waals surface area (Å²) >= 11 is 0. The molecule has 1 unspecified atom stereocenters. The van der Waals surface area contributed by atoms with Gasteiger partial charge in [-0.1, -0.05) is 6.92 Å². The molecule has 0 aromatic rings. The van der Waals surface area contributed by atoms with Crippen molar-refractivity contribution < 1.29 is 9.00 Å². The quantitative estimate of drug-likeness (QED) is 0.588. The number of hydrogen-bond donors (Lipinski definition) is 2. The summed E-state index contributed by atoms with van der Waals surface area (Å²) in [5.41, 5.74) is 0. The molecule has 0 aliphatic carbocycles. The molecule has 2 N–H and O–H groups in total. The fourth-order valence-corrected chi connectivity index (χ4v) is 1.57. The Bertz CT molecular complexity index is 195. The van der Waals surface area contributed by atoms with Gasteiger partial charge in [-0.05, 0) is 13.8 Å². The molecule has 0 aromatic heterocycles. The highest BCUT2D eigenvalue weighted by Gasteiger charge is 2.02. The number of carbonyl (C=O) groups is 1. The van der Waals surface area contributed by atoms with Crippen LogP contribution in [0.25, 0.3) is 0 Å². The van der Waals surface area contributed by atoms with E-state index in [1.165, 1.54) is 0 Å². The third kappa shape index (κ3) is 8.19. The van der Waals surface area contributed by atoms with Gasteiger partial charge in [0.05, 0.1) is 6.54 Å². The van der Waals surface area contributed by atoms with Crippen molar-refractivity contribution in [3.05, 3.63) is 0 Å². The summed E-state index contributed by atoms with van der Waals surface area (Å²) in [6, 6.07) is 0.175. The standard InChI is InChI=1S/C9H20N2O2S/c1-4-14(13)6-5-10-7-9(12)11-8(2)3/h8,10H,4-7H2,1-3H3,(H,11,12). The smallest absolute Gasteiger partial charge is 0.234 e. The van der Waals surface area contributed by atoms with Gasteiger partial charge >= 0.3 is 0 Å². The zero-order valence-electron chi connectivity index (χ0n) is 9.13. The van der Waals surface area contributed by atoms with Crippen molar-refractivity contribution in [2.24, 2.45) is 0 Å². The van der Waals surface area contributed by atoms with Crippen LogP contribution in [0, 0.1) is 0 Å². The Labute approximate surface area is 88.3 Å². The van der Waals surface area contributed by atoms with Gasteiger partial charge in [0.25, 0.3) is 0 Å². The van der Waals surface area contributed by atoms with E-state index in [1.54, 1.807) is 0 Å². The Morgan fingerprint density at radius 2 is 2.07 bits per heavy atom. The Kier molecular flexibility index (Phi) is 7.70. The first-order valence-corrected chi connectivity index (χ1v) is 6.40. The molecule has 0 aliphatic rings. The molecule has 5 heteroatoms. The Balaban J connectivity index is 3.36. The lowest BCUT2D eigenvalue weighted by atomic mass is 10.4. The van der Waals surface area contributed by atoms with Gasteiger partial charge in [0.15, 0.2) is 0 Å². The zero-order chi connectivity index (χ0) is 11.0. The Morgan fingerprint density at radius 3 is 2.57 bits per heavy atom. The molecule has 4 nitrogen and oxygen atoms in total. The maximum absolute atomic E-state index is 11.1. The molecule has 1 amide bonds. The van der Waals surface area contributed by atoms with Gasteiger partial charge < -0.3 is 10.6 Å². The molecule has 0 radical (unpaired) electrons. The average molecular weight is 220 g/mol. The normalized spacial score (nSPS) is 12.9. The lowest BCUT2D eigenvalue weighted by Gasteiger charge is -2.08. The molecule has 0 saturated heterocycles. The van der Waals surface area contributed by atoms with Crippen molar-refractivity contribution in [3.8, 4) is 0 Å². The first-order valence-electron chi connectivity index (χ1n) is 4.91. The van der Waals surface area contributed by atoms with E-state index < -0.39 is 10.8 Å². The predicted molar refractivity (Wildman–Crippen MR) is 59.7 cm³/mol. The molecule has 0 saturated carbocycles. The van der Waals surface area contributed by atoms with E-state index >= 15 is 0 Å². The minimum atomic E-state index is -0.747. The van der Waals surface area contributed by atoms with E-state index in [0.29, 0.717) is 24.6 Å². The number of carbonyl (C=O) groups excluding carboxylic acids is 1. The number of rotatable bonds is 7. The van der Waals surface area contributed by atoms with Crippen molar-refractivity contribution >= 4 is 16.7 Å². The summed E-state index contributed by atoms with van der Waals surface area (Å²) in [7, 11) is -0.747. The topological polar surface area (TPSA) is 58.2 Å². The molecule has 1 atom stereocenters. The lowest BCUT2D eigenvalue weighted by molar-refractivity contribution is -0.120. The van der Waals surface area contributed by atoms with E-state index in [1.807, 2.05) is 20.8 Å². The van der Waals surface area contributed by atoms with Gasteiger partial charge in [-0.15, -0.1) is 0 Å². The van der Waals surface area contributed by atoms with E-state index in [-0.39, 0.29) is 11.9 Å². The number of amides is 1. The summed E-state index contributed by atoms with van der Waals surface area (Å²) in [6.07, 6.45) is 0. The fourth-order valence-electron chi connectivity index (χ4n) is 0.905. The SMILES string of the molecule is CCS(=O)CCNCC(=O)NC(C)C. The van der Waals surface area contributed by atoms with Crippen molar-refractivity contribution in [3.63, 3.8) is 0 Å². The second kappa shape index (κ2) is 7.94. The summed E-state index contributed by atoms with van der Waals surface area (Å²) in [5, 5.41) is 5.72. The van der Waals surface area contributed by atoms with Crippen LogP contribution in [0.5, 0.6) is 0 Å². The van der Waals surface area contributed by atoms with Gasteiger partial charge in [-0.2, -0.15) is 0 Å². The molecular weight excluding hydrogens is 200 g/mol. The molecule has 14 heavy (non-hydrogen) atoms. The van der Waals surface area contributed by atoms with Crippen molar-refractivity contribution in [1.29, 1.82) is 0 Å². The van der Waals surface area contributed by atoms with Crippen LogP contribution in [-0.2, 0) is 15.6 Å². The lowest BCUT2D eigenvalue weighted by Crippen LogP contribution is -2.38. The maximum atomic E-state index is 11.1. The van der Waals surface area contributed by atoms with Crippen LogP contribution >= 0.6 is 0 Å². The summed E-state index contributed by atoms with van der Waals surface area (Å²) < 4.78 is 11.0. The first-order chi connectivity index (χ1) is 6.56. The van der Waals surface area contributed by atoms with Gasteiger partial charge in [-0.25, -0.2) is 0 Å². The van der Waals surface area contributed by atoms with Crippen LogP contribution in [0.3, 0.4) is 0 Å². The molecule has 0 aromatic carbocycles.